The monoisotopic (exact) mass is 262 g/mol. The molecule has 2 heterocycles. The van der Waals surface area contributed by atoms with Crippen LogP contribution in [0.1, 0.15) is 0 Å². The zero-order chi connectivity index (χ0) is 14.1. The summed E-state index contributed by atoms with van der Waals surface area (Å²) in [6.45, 7) is 0. The molecule has 5 heteroatoms. The van der Waals surface area contributed by atoms with Gasteiger partial charge in [0, 0.05) is 11.6 Å². The standard InChI is InChI=1S/C15H11BN2O2/c1-20-12-3-4-13-10(8-12)6-7-18(15(13)19)11-2-5-14(16)17-9-11/h2-9H,1H3. The normalized spacial score (nSPS) is 10.7. The third kappa shape index (κ3) is 2.07. The molecule has 0 unspecified atom stereocenters. The lowest BCUT2D eigenvalue weighted by molar-refractivity contribution is 0.415. The van der Waals surface area contributed by atoms with Crippen molar-refractivity contribution in [3.8, 4) is 11.4 Å². The van der Waals surface area contributed by atoms with Gasteiger partial charge >= 0.3 is 0 Å². The smallest absolute Gasteiger partial charge is 0.263 e. The van der Waals surface area contributed by atoms with Gasteiger partial charge in [0.15, 0.2) is 0 Å². The summed E-state index contributed by atoms with van der Waals surface area (Å²) in [5, 5.41) is 1.47. The van der Waals surface area contributed by atoms with Crippen molar-refractivity contribution in [3.63, 3.8) is 0 Å². The topological polar surface area (TPSA) is 44.1 Å². The van der Waals surface area contributed by atoms with Crippen LogP contribution >= 0.6 is 0 Å². The highest BCUT2D eigenvalue weighted by molar-refractivity contribution is 6.30. The minimum atomic E-state index is -0.100. The van der Waals surface area contributed by atoms with Crippen LogP contribution in [0.5, 0.6) is 5.75 Å². The van der Waals surface area contributed by atoms with Gasteiger partial charge in [0.2, 0.25) is 0 Å². The maximum Gasteiger partial charge on any atom is 0.263 e. The molecule has 4 nitrogen and oxygen atoms in total. The van der Waals surface area contributed by atoms with Crippen LogP contribution in [0.15, 0.2) is 53.6 Å². The van der Waals surface area contributed by atoms with Crippen molar-refractivity contribution in [1.82, 2.24) is 9.55 Å². The molecular formula is C15H11BN2O2. The van der Waals surface area contributed by atoms with E-state index in [1.807, 2.05) is 12.1 Å². The Morgan fingerprint density at radius 3 is 2.75 bits per heavy atom. The molecule has 2 aromatic heterocycles. The Labute approximate surface area is 117 Å². The van der Waals surface area contributed by atoms with E-state index in [0.29, 0.717) is 16.7 Å². The van der Waals surface area contributed by atoms with Crippen LogP contribution in [0.4, 0.5) is 0 Å². The van der Waals surface area contributed by atoms with E-state index in [2.05, 4.69) is 4.98 Å². The van der Waals surface area contributed by atoms with Crippen molar-refractivity contribution < 1.29 is 4.74 Å². The summed E-state index contributed by atoms with van der Waals surface area (Å²) in [5.41, 5.74) is 1.01. The first-order chi connectivity index (χ1) is 9.69. The van der Waals surface area contributed by atoms with E-state index in [-0.39, 0.29) is 5.56 Å². The molecule has 0 saturated heterocycles. The van der Waals surface area contributed by atoms with Gasteiger partial charge in [0.05, 0.1) is 19.0 Å². The average Bonchev–Trinajstić information content (AvgIpc) is 2.48. The number of fused-ring (bicyclic) bond motifs is 1. The van der Waals surface area contributed by atoms with Crippen LogP contribution < -0.4 is 15.9 Å². The van der Waals surface area contributed by atoms with Crippen molar-refractivity contribution in [1.29, 1.82) is 0 Å². The molecule has 96 valence electrons. The second kappa shape index (κ2) is 4.85. The Bertz CT molecular complexity index is 825. The number of nitrogens with zero attached hydrogens (tertiary/aromatic N) is 2. The fourth-order valence-electron chi connectivity index (χ4n) is 2.10. The predicted molar refractivity (Wildman–Crippen MR) is 79.3 cm³/mol. The molecule has 1 aromatic carbocycles. The highest BCUT2D eigenvalue weighted by Crippen LogP contribution is 2.18. The van der Waals surface area contributed by atoms with E-state index in [9.17, 15) is 4.79 Å². The highest BCUT2D eigenvalue weighted by atomic mass is 16.5. The molecule has 0 aliphatic heterocycles. The van der Waals surface area contributed by atoms with E-state index >= 15 is 0 Å². The maximum atomic E-state index is 12.5. The van der Waals surface area contributed by atoms with Crippen LogP contribution in [0.2, 0.25) is 0 Å². The molecule has 0 N–H and O–H groups in total. The highest BCUT2D eigenvalue weighted by Gasteiger charge is 2.05. The van der Waals surface area contributed by atoms with Gasteiger partial charge in [-0.25, -0.2) is 0 Å². The summed E-state index contributed by atoms with van der Waals surface area (Å²) in [4.78, 5) is 16.5. The molecule has 2 radical (unpaired) electrons. The third-order valence-corrected chi connectivity index (χ3v) is 3.16. The Kier molecular flexibility index (Phi) is 3.02. The van der Waals surface area contributed by atoms with Gasteiger partial charge in [-0.05, 0) is 47.4 Å². The molecule has 0 amide bonds. The summed E-state index contributed by atoms with van der Waals surface area (Å²) < 4.78 is 6.70. The van der Waals surface area contributed by atoms with Gasteiger partial charge in [0.1, 0.15) is 13.6 Å². The van der Waals surface area contributed by atoms with Gasteiger partial charge < -0.3 is 4.74 Å². The van der Waals surface area contributed by atoms with Crippen molar-refractivity contribution in [3.05, 3.63) is 59.1 Å². The van der Waals surface area contributed by atoms with E-state index in [1.165, 1.54) is 0 Å². The Hall–Kier alpha value is -2.56. The lowest BCUT2D eigenvalue weighted by atomic mass is 10.0. The Balaban J connectivity index is 2.21. The summed E-state index contributed by atoms with van der Waals surface area (Å²) >= 11 is 0. The number of methoxy groups -OCH3 is 1. The molecular weight excluding hydrogens is 251 g/mol. The fourth-order valence-corrected chi connectivity index (χ4v) is 2.10. The van der Waals surface area contributed by atoms with Crippen LogP contribution in [0, 0.1) is 0 Å². The molecule has 3 aromatic rings. The zero-order valence-corrected chi connectivity index (χ0v) is 10.9. The Morgan fingerprint density at radius 2 is 2.05 bits per heavy atom. The number of aromatic nitrogens is 2. The number of pyridine rings is 2. The second-order valence-corrected chi connectivity index (χ2v) is 4.39. The van der Waals surface area contributed by atoms with E-state index in [0.717, 1.165) is 11.1 Å². The first-order valence-electron chi connectivity index (χ1n) is 6.10. The van der Waals surface area contributed by atoms with Crippen molar-refractivity contribution >= 4 is 24.2 Å². The van der Waals surface area contributed by atoms with Gasteiger partial charge in [-0.1, -0.05) is 0 Å². The van der Waals surface area contributed by atoms with E-state index in [1.54, 1.807) is 48.3 Å². The Morgan fingerprint density at radius 1 is 1.20 bits per heavy atom. The number of benzene rings is 1. The number of hydrogen-bond donors (Lipinski definition) is 0. The fraction of sp³-hybridized carbons (Fsp3) is 0.0667. The lowest BCUT2D eigenvalue weighted by Gasteiger charge is -2.08. The summed E-state index contributed by atoms with van der Waals surface area (Å²) in [6, 6.07) is 10.7. The predicted octanol–water partition coefficient (Wildman–Crippen LogP) is 1.19. The molecule has 0 aliphatic carbocycles. The maximum absolute atomic E-state index is 12.5. The second-order valence-electron chi connectivity index (χ2n) is 4.39. The molecule has 0 spiro atoms. The average molecular weight is 262 g/mol. The van der Waals surface area contributed by atoms with Crippen LogP contribution in [-0.2, 0) is 0 Å². The third-order valence-electron chi connectivity index (χ3n) is 3.16. The van der Waals surface area contributed by atoms with Crippen LogP contribution in [0.3, 0.4) is 0 Å². The van der Waals surface area contributed by atoms with Crippen molar-refractivity contribution in [2.24, 2.45) is 0 Å². The van der Waals surface area contributed by atoms with Gasteiger partial charge in [-0.3, -0.25) is 14.3 Å². The summed E-state index contributed by atoms with van der Waals surface area (Å²) in [6.07, 6.45) is 3.30. The molecule has 0 fully saturated rings. The minimum Gasteiger partial charge on any atom is -0.497 e. The largest absolute Gasteiger partial charge is 0.497 e. The van der Waals surface area contributed by atoms with Gasteiger partial charge in [0.25, 0.3) is 5.56 Å². The van der Waals surface area contributed by atoms with Crippen molar-refractivity contribution in [2.75, 3.05) is 7.11 Å². The van der Waals surface area contributed by atoms with Gasteiger partial charge in [-0.2, -0.15) is 0 Å². The molecule has 0 saturated carbocycles. The molecule has 0 aliphatic rings. The number of ether oxygens (including phenoxy) is 1. The minimum absolute atomic E-state index is 0.100. The van der Waals surface area contributed by atoms with E-state index in [4.69, 9.17) is 12.6 Å². The first-order valence-corrected chi connectivity index (χ1v) is 6.10. The quantitative estimate of drug-likeness (QED) is 0.651. The SMILES string of the molecule is [B]c1ccc(-n2ccc3cc(OC)ccc3c2=O)cn1. The van der Waals surface area contributed by atoms with E-state index < -0.39 is 0 Å². The number of hydrogen-bond acceptors (Lipinski definition) is 3. The lowest BCUT2D eigenvalue weighted by Crippen LogP contribution is -2.19. The molecule has 20 heavy (non-hydrogen) atoms. The zero-order valence-electron chi connectivity index (χ0n) is 10.9. The molecule has 3 rings (SSSR count). The first kappa shape index (κ1) is 12.5. The van der Waals surface area contributed by atoms with Gasteiger partial charge in [-0.15, -0.1) is 0 Å². The number of rotatable bonds is 2. The molecule has 0 bridgehead atoms. The van der Waals surface area contributed by atoms with Crippen molar-refractivity contribution in [2.45, 2.75) is 0 Å². The van der Waals surface area contributed by atoms with Crippen LogP contribution in [0.25, 0.3) is 16.5 Å². The molecule has 0 atom stereocenters. The summed E-state index contributed by atoms with van der Waals surface area (Å²) in [7, 11) is 7.15. The van der Waals surface area contributed by atoms with Crippen LogP contribution in [-0.4, -0.2) is 24.5 Å². The summed E-state index contributed by atoms with van der Waals surface area (Å²) in [5.74, 6) is 0.726.